The van der Waals surface area contributed by atoms with Crippen LogP contribution in [0.5, 0.6) is 0 Å². The van der Waals surface area contributed by atoms with Crippen molar-refractivity contribution in [1.82, 2.24) is 0 Å². The van der Waals surface area contributed by atoms with E-state index in [-0.39, 0.29) is 11.5 Å². The number of nitro groups is 1. The fourth-order valence-corrected chi connectivity index (χ4v) is 4.88. The van der Waals surface area contributed by atoms with Crippen LogP contribution in [0.15, 0.2) is 60.7 Å². The Labute approximate surface area is 173 Å². The van der Waals surface area contributed by atoms with E-state index in [0.29, 0.717) is 11.5 Å². The first-order valence-corrected chi connectivity index (χ1v) is 10.3. The minimum Gasteiger partial charge on any atom is -0.289 e. The summed E-state index contributed by atoms with van der Waals surface area (Å²) in [5.41, 5.74) is 3.93. The van der Waals surface area contributed by atoms with Gasteiger partial charge in [-0.1, -0.05) is 49.4 Å². The summed E-state index contributed by atoms with van der Waals surface area (Å²) in [6.07, 6.45) is 4.80. The summed E-state index contributed by atoms with van der Waals surface area (Å²) >= 11 is 0. The van der Waals surface area contributed by atoms with Gasteiger partial charge in [0.25, 0.3) is 5.69 Å². The zero-order valence-electron chi connectivity index (χ0n) is 16.7. The van der Waals surface area contributed by atoms with Crippen LogP contribution >= 0.6 is 0 Å². The summed E-state index contributed by atoms with van der Waals surface area (Å²) in [5.74, 6) is 0.361. The number of non-ortho nitro benzene ring substituents is 1. The van der Waals surface area contributed by atoms with E-state index in [0.717, 1.165) is 30.1 Å². The quantitative estimate of drug-likeness (QED) is 0.380. The smallest absolute Gasteiger partial charge is 0.269 e. The Hall–Kier alpha value is -3.53. The number of hydrogen-bond acceptors (Lipinski definition) is 3. The highest BCUT2D eigenvalue weighted by atomic mass is 16.6. The molecule has 3 aromatic rings. The highest BCUT2D eigenvalue weighted by Crippen LogP contribution is 2.31. The molecule has 0 spiro atoms. The van der Waals surface area contributed by atoms with Gasteiger partial charge >= 0.3 is 0 Å². The molecule has 0 amide bonds. The molecule has 0 radical (unpaired) electrons. The predicted molar refractivity (Wildman–Crippen MR) is 116 cm³/mol. The molecule has 0 bridgehead atoms. The van der Waals surface area contributed by atoms with Crippen molar-refractivity contribution < 1.29 is 9.72 Å². The average molecular weight is 395 g/mol. The number of rotatable bonds is 3. The summed E-state index contributed by atoms with van der Waals surface area (Å²) < 4.78 is 0. The van der Waals surface area contributed by atoms with Gasteiger partial charge in [0, 0.05) is 23.3 Å². The molecule has 4 nitrogen and oxygen atoms in total. The van der Waals surface area contributed by atoms with Gasteiger partial charge in [0.15, 0.2) is 5.78 Å². The molecule has 0 N–H and O–H groups in total. The zero-order chi connectivity index (χ0) is 20.8. The number of Topliss-reactive ketones (excluding diaryl/α,β-unsaturated/α-hetero) is 1. The second-order valence-electron chi connectivity index (χ2n) is 8.10. The van der Waals surface area contributed by atoms with Crippen molar-refractivity contribution in [2.75, 3.05) is 0 Å². The van der Waals surface area contributed by atoms with Crippen molar-refractivity contribution in [1.29, 1.82) is 0 Å². The molecule has 0 saturated carbocycles. The molecule has 0 heterocycles. The van der Waals surface area contributed by atoms with Crippen LogP contribution in [0.2, 0.25) is 0 Å². The molecule has 0 fully saturated rings. The molecule has 5 rings (SSSR count). The molecule has 4 heteroatoms. The van der Waals surface area contributed by atoms with Crippen LogP contribution in [-0.4, -0.2) is 10.7 Å². The van der Waals surface area contributed by atoms with Gasteiger partial charge in [0.2, 0.25) is 0 Å². The number of benzene rings is 3. The fraction of sp³-hybridized carbons (Fsp3) is 0.192. The lowest BCUT2D eigenvalue weighted by Crippen LogP contribution is -2.27. The molecule has 30 heavy (non-hydrogen) atoms. The van der Waals surface area contributed by atoms with Crippen molar-refractivity contribution in [3.63, 3.8) is 0 Å². The van der Waals surface area contributed by atoms with E-state index in [1.54, 1.807) is 12.1 Å². The topological polar surface area (TPSA) is 60.2 Å². The van der Waals surface area contributed by atoms with E-state index in [4.69, 9.17) is 0 Å². The maximum absolute atomic E-state index is 13.3. The molecular weight excluding hydrogens is 374 g/mol. The molecule has 2 aliphatic carbocycles. The molecule has 3 aromatic carbocycles. The molecule has 1 unspecified atom stereocenters. The SMILES string of the molecule is CC1CCC(C(=O)c2ccc([N+](=O)[O-])cc2)=c2ccc3c(c21)CC=c1ccccc1=3. The lowest BCUT2D eigenvalue weighted by atomic mass is 9.78. The van der Waals surface area contributed by atoms with Crippen LogP contribution in [-0.2, 0) is 6.42 Å². The van der Waals surface area contributed by atoms with Gasteiger partial charge in [-0.3, -0.25) is 14.9 Å². The Balaban J connectivity index is 1.74. The third kappa shape index (κ3) is 2.88. The first kappa shape index (κ1) is 18.5. The third-order valence-corrected chi connectivity index (χ3v) is 6.39. The Bertz CT molecular complexity index is 1420. The van der Waals surface area contributed by atoms with Crippen molar-refractivity contribution in [3.8, 4) is 0 Å². The van der Waals surface area contributed by atoms with Crippen LogP contribution in [0.3, 0.4) is 0 Å². The van der Waals surface area contributed by atoms with Crippen molar-refractivity contribution in [3.05, 3.63) is 108 Å². The normalized spacial score (nSPS) is 16.7. The number of ketones is 1. The van der Waals surface area contributed by atoms with Crippen LogP contribution in [0, 0.1) is 20.6 Å². The highest BCUT2D eigenvalue weighted by Gasteiger charge is 2.25. The number of fused-ring (bicyclic) bond motifs is 4. The van der Waals surface area contributed by atoms with Crippen LogP contribution < -0.4 is 10.4 Å². The second-order valence-corrected chi connectivity index (χ2v) is 8.10. The summed E-state index contributed by atoms with van der Waals surface area (Å²) in [6.45, 7) is 2.24. The highest BCUT2D eigenvalue weighted by molar-refractivity contribution is 6.24. The maximum atomic E-state index is 13.3. The largest absolute Gasteiger partial charge is 0.289 e. The van der Waals surface area contributed by atoms with Crippen molar-refractivity contribution in [2.24, 2.45) is 0 Å². The van der Waals surface area contributed by atoms with Gasteiger partial charge in [0.1, 0.15) is 0 Å². The predicted octanol–water partition coefficient (Wildman–Crippen LogP) is 4.15. The van der Waals surface area contributed by atoms with E-state index in [9.17, 15) is 14.9 Å². The second kappa shape index (κ2) is 7.06. The van der Waals surface area contributed by atoms with E-state index in [2.05, 4.69) is 49.4 Å². The van der Waals surface area contributed by atoms with Gasteiger partial charge in [-0.25, -0.2) is 0 Å². The summed E-state index contributed by atoms with van der Waals surface area (Å²) in [6, 6.07) is 18.6. The summed E-state index contributed by atoms with van der Waals surface area (Å²) in [7, 11) is 0. The molecule has 0 saturated heterocycles. The Morgan fingerprint density at radius 3 is 2.47 bits per heavy atom. The standard InChI is InChI=1S/C26H21NO3/c1-16-6-12-24(26(28)18-7-10-19(11-8-18)27(29)30)23-15-14-21-20-5-3-2-4-17(20)9-13-22(21)25(16)23/h2-5,7-11,14-16H,6,12-13H2,1H3. The number of hydrogen-bond donors (Lipinski definition) is 0. The number of carbonyl (C=O) groups is 1. The summed E-state index contributed by atoms with van der Waals surface area (Å²) in [5, 5.41) is 15.7. The van der Waals surface area contributed by atoms with Gasteiger partial charge in [-0.15, -0.1) is 0 Å². The third-order valence-electron chi connectivity index (χ3n) is 6.39. The molecule has 148 valence electrons. The molecule has 0 aromatic heterocycles. The Morgan fingerprint density at radius 2 is 1.70 bits per heavy atom. The minimum atomic E-state index is -0.445. The Morgan fingerprint density at radius 1 is 0.967 bits per heavy atom. The monoisotopic (exact) mass is 395 g/mol. The van der Waals surface area contributed by atoms with Gasteiger partial charge in [-0.05, 0) is 69.3 Å². The van der Waals surface area contributed by atoms with E-state index < -0.39 is 4.92 Å². The van der Waals surface area contributed by atoms with Crippen LogP contribution in [0.4, 0.5) is 5.69 Å². The van der Waals surface area contributed by atoms with Crippen LogP contribution in [0.1, 0.15) is 47.2 Å². The van der Waals surface area contributed by atoms with Crippen molar-refractivity contribution >= 4 is 23.1 Å². The molecular formula is C26H21NO3. The van der Waals surface area contributed by atoms with E-state index in [1.165, 1.54) is 38.9 Å². The van der Waals surface area contributed by atoms with Gasteiger partial charge < -0.3 is 0 Å². The Kier molecular flexibility index (Phi) is 4.35. The molecule has 0 aliphatic heterocycles. The molecule has 1 atom stereocenters. The lowest BCUT2D eigenvalue weighted by Gasteiger charge is -2.25. The minimum absolute atomic E-state index is 0.00233. The maximum Gasteiger partial charge on any atom is 0.269 e. The lowest BCUT2D eigenvalue weighted by molar-refractivity contribution is -0.384. The van der Waals surface area contributed by atoms with E-state index >= 15 is 0 Å². The zero-order valence-corrected chi connectivity index (χ0v) is 16.7. The fourth-order valence-electron chi connectivity index (χ4n) is 4.88. The number of carbonyl (C=O) groups excluding carboxylic acids is 1. The number of nitro benzene ring substituents is 1. The molecule has 2 aliphatic rings. The average Bonchev–Trinajstić information content (AvgIpc) is 2.78. The van der Waals surface area contributed by atoms with E-state index in [1.807, 2.05) is 0 Å². The van der Waals surface area contributed by atoms with Crippen molar-refractivity contribution in [2.45, 2.75) is 32.1 Å². The van der Waals surface area contributed by atoms with Gasteiger partial charge in [0.05, 0.1) is 4.92 Å². The van der Waals surface area contributed by atoms with Crippen LogP contribution in [0.25, 0.3) is 11.6 Å². The first-order chi connectivity index (χ1) is 14.5. The first-order valence-electron chi connectivity index (χ1n) is 10.3. The summed E-state index contributed by atoms with van der Waals surface area (Å²) in [4.78, 5) is 23.8. The van der Waals surface area contributed by atoms with Gasteiger partial charge in [-0.2, -0.15) is 0 Å². The number of nitrogens with zero attached hydrogens (tertiary/aromatic N) is 1.